The van der Waals surface area contributed by atoms with Gasteiger partial charge in [0.25, 0.3) is 5.91 Å². The van der Waals surface area contributed by atoms with Crippen molar-refractivity contribution in [1.29, 1.82) is 0 Å². The number of hydrogen-bond donors (Lipinski definition) is 1. The van der Waals surface area contributed by atoms with Gasteiger partial charge in [0, 0.05) is 31.2 Å². The molecule has 0 saturated carbocycles. The Labute approximate surface area is 192 Å². The van der Waals surface area contributed by atoms with E-state index in [1.54, 1.807) is 12.4 Å². The highest BCUT2D eigenvalue weighted by molar-refractivity contribution is 5.96. The first kappa shape index (κ1) is 21.4. The predicted molar refractivity (Wildman–Crippen MR) is 124 cm³/mol. The maximum atomic E-state index is 13.0. The molecule has 0 spiro atoms. The van der Waals surface area contributed by atoms with Gasteiger partial charge in [0.05, 0.1) is 37.6 Å². The molecule has 1 aliphatic rings. The fraction of sp³-hybridized carbons (Fsp3) is 0.320. The molecule has 5 rings (SSSR count). The third-order valence-electron chi connectivity index (χ3n) is 5.95. The molecule has 1 aliphatic heterocycles. The van der Waals surface area contributed by atoms with E-state index in [0.717, 1.165) is 41.2 Å². The Morgan fingerprint density at radius 1 is 1.12 bits per heavy atom. The van der Waals surface area contributed by atoms with Crippen LogP contribution in [0.2, 0.25) is 0 Å². The van der Waals surface area contributed by atoms with Crippen LogP contribution in [0.1, 0.15) is 33.5 Å². The van der Waals surface area contributed by atoms with Gasteiger partial charge >= 0.3 is 0 Å². The van der Waals surface area contributed by atoms with Crippen LogP contribution >= 0.6 is 0 Å². The minimum Gasteiger partial charge on any atom is -0.465 e. The van der Waals surface area contributed by atoms with Crippen LogP contribution in [-0.2, 0) is 11.3 Å². The second-order valence-corrected chi connectivity index (χ2v) is 8.25. The maximum absolute atomic E-state index is 13.0. The molecule has 4 aromatic rings. The Morgan fingerprint density at radius 2 is 1.94 bits per heavy atom. The highest BCUT2D eigenvalue weighted by Crippen LogP contribution is 2.23. The topological polar surface area (TPSA) is 85.4 Å². The lowest BCUT2D eigenvalue weighted by molar-refractivity contribution is 0.0117. The first-order chi connectivity index (χ1) is 16.2. The van der Waals surface area contributed by atoms with E-state index in [1.165, 1.54) is 0 Å². The number of fused-ring (bicyclic) bond motifs is 1. The summed E-state index contributed by atoms with van der Waals surface area (Å²) >= 11 is 0. The molecule has 1 aromatic carbocycles. The van der Waals surface area contributed by atoms with Crippen LogP contribution < -0.4 is 5.32 Å². The number of carbonyl (C=O) groups is 1. The van der Waals surface area contributed by atoms with Crippen molar-refractivity contribution < 1.29 is 13.9 Å². The summed E-state index contributed by atoms with van der Waals surface area (Å²) in [5.74, 6) is 1.55. The van der Waals surface area contributed by atoms with Crippen molar-refractivity contribution in [3.8, 4) is 0 Å². The molecular weight excluding hydrogens is 418 g/mol. The average Bonchev–Trinajstić information content (AvgIpc) is 3.46. The Morgan fingerprint density at radius 3 is 2.70 bits per heavy atom. The number of ether oxygens (including phenoxy) is 1. The zero-order valence-corrected chi connectivity index (χ0v) is 18.6. The van der Waals surface area contributed by atoms with Crippen LogP contribution in [0.3, 0.4) is 0 Å². The molecule has 1 atom stereocenters. The standard InChI is InChI=1S/C25H27N5O3/c1-18-7-8-23(33-18)22(29-9-11-32-12-10-29)16-27-25(31)21-13-20-15-28-30(24(20)26-14-21)17-19-5-3-2-4-6-19/h2-8,13-15,22H,9-12,16-17H2,1H3,(H,27,31). The summed E-state index contributed by atoms with van der Waals surface area (Å²) in [5.41, 5.74) is 2.42. The van der Waals surface area contributed by atoms with E-state index in [9.17, 15) is 4.79 Å². The van der Waals surface area contributed by atoms with Crippen molar-refractivity contribution in [1.82, 2.24) is 25.0 Å². The minimum atomic E-state index is -0.165. The third kappa shape index (κ3) is 4.81. The SMILES string of the molecule is Cc1ccc(C(CNC(=O)c2cnc3c(cnn3Cc3ccccc3)c2)N2CCOCC2)o1. The van der Waals surface area contributed by atoms with Gasteiger partial charge in [0.2, 0.25) is 0 Å². The van der Waals surface area contributed by atoms with Crippen molar-refractivity contribution in [3.05, 3.63) is 83.6 Å². The number of aromatic nitrogens is 3. The number of aryl methyl sites for hydroxylation is 1. The quantitative estimate of drug-likeness (QED) is 0.470. The number of benzene rings is 1. The second kappa shape index (κ2) is 9.56. The van der Waals surface area contributed by atoms with E-state index in [1.807, 2.05) is 48.0 Å². The van der Waals surface area contributed by atoms with Crippen molar-refractivity contribution in [3.63, 3.8) is 0 Å². The van der Waals surface area contributed by atoms with Crippen LogP contribution in [-0.4, -0.2) is 58.4 Å². The smallest absolute Gasteiger partial charge is 0.252 e. The molecule has 1 saturated heterocycles. The van der Waals surface area contributed by atoms with Crippen LogP contribution in [0.4, 0.5) is 0 Å². The lowest BCUT2D eigenvalue weighted by Gasteiger charge is -2.33. The van der Waals surface area contributed by atoms with Crippen LogP contribution in [0, 0.1) is 6.92 Å². The van der Waals surface area contributed by atoms with Gasteiger partial charge in [-0.15, -0.1) is 0 Å². The summed E-state index contributed by atoms with van der Waals surface area (Å²) in [6.07, 6.45) is 3.37. The molecule has 8 heteroatoms. The van der Waals surface area contributed by atoms with Gasteiger partial charge in [-0.25, -0.2) is 9.67 Å². The Balaban J connectivity index is 1.29. The Hall–Kier alpha value is -3.49. The molecule has 1 N–H and O–H groups in total. The molecule has 1 unspecified atom stereocenters. The second-order valence-electron chi connectivity index (χ2n) is 8.25. The van der Waals surface area contributed by atoms with E-state index in [0.29, 0.717) is 31.9 Å². The molecule has 0 aliphatic carbocycles. The van der Waals surface area contributed by atoms with Crippen molar-refractivity contribution in [2.45, 2.75) is 19.5 Å². The van der Waals surface area contributed by atoms with E-state index < -0.39 is 0 Å². The first-order valence-electron chi connectivity index (χ1n) is 11.2. The highest BCUT2D eigenvalue weighted by Gasteiger charge is 2.26. The monoisotopic (exact) mass is 445 g/mol. The molecule has 1 amide bonds. The van der Waals surface area contributed by atoms with Gasteiger partial charge < -0.3 is 14.5 Å². The summed E-state index contributed by atoms with van der Waals surface area (Å²) in [6.45, 7) is 5.96. The van der Waals surface area contributed by atoms with Gasteiger partial charge in [-0.2, -0.15) is 5.10 Å². The van der Waals surface area contributed by atoms with Crippen molar-refractivity contribution in [2.24, 2.45) is 0 Å². The van der Waals surface area contributed by atoms with Gasteiger partial charge in [0.15, 0.2) is 5.65 Å². The van der Waals surface area contributed by atoms with E-state index >= 15 is 0 Å². The zero-order chi connectivity index (χ0) is 22.6. The molecule has 33 heavy (non-hydrogen) atoms. The Kier molecular flexibility index (Phi) is 6.19. The highest BCUT2D eigenvalue weighted by atomic mass is 16.5. The number of hydrogen-bond acceptors (Lipinski definition) is 6. The molecule has 170 valence electrons. The van der Waals surface area contributed by atoms with Gasteiger partial charge in [-0.3, -0.25) is 9.69 Å². The summed E-state index contributed by atoms with van der Waals surface area (Å²) in [4.78, 5) is 19.8. The largest absolute Gasteiger partial charge is 0.465 e. The lowest BCUT2D eigenvalue weighted by atomic mass is 10.1. The van der Waals surface area contributed by atoms with Gasteiger partial charge in [-0.05, 0) is 30.7 Å². The van der Waals surface area contributed by atoms with Crippen LogP contribution in [0.5, 0.6) is 0 Å². The Bertz CT molecular complexity index is 1230. The van der Waals surface area contributed by atoms with Crippen LogP contribution in [0.15, 0.2) is 65.3 Å². The average molecular weight is 446 g/mol. The molecule has 4 heterocycles. The minimum absolute atomic E-state index is 0.0446. The number of nitrogens with one attached hydrogen (secondary N) is 1. The maximum Gasteiger partial charge on any atom is 0.252 e. The normalized spacial score (nSPS) is 15.5. The number of nitrogens with zero attached hydrogens (tertiary/aromatic N) is 4. The number of pyridine rings is 1. The fourth-order valence-electron chi connectivity index (χ4n) is 4.19. The molecule has 0 radical (unpaired) electrons. The van der Waals surface area contributed by atoms with E-state index in [2.05, 4.69) is 32.4 Å². The molecular formula is C25H27N5O3. The number of morpholine rings is 1. The summed E-state index contributed by atoms with van der Waals surface area (Å²) in [5, 5.41) is 8.36. The summed E-state index contributed by atoms with van der Waals surface area (Å²) < 4.78 is 13.2. The third-order valence-corrected chi connectivity index (χ3v) is 5.95. The van der Waals surface area contributed by atoms with E-state index in [-0.39, 0.29) is 11.9 Å². The number of amides is 1. The summed E-state index contributed by atoms with van der Waals surface area (Å²) in [6, 6.07) is 15.8. The molecule has 8 nitrogen and oxygen atoms in total. The fourth-order valence-corrected chi connectivity index (χ4v) is 4.19. The zero-order valence-electron chi connectivity index (χ0n) is 18.6. The summed E-state index contributed by atoms with van der Waals surface area (Å²) in [7, 11) is 0. The van der Waals surface area contributed by atoms with Crippen molar-refractivity contribution >= 4 is 16.9 Å². The predicted octanol–water partition coefficient (Wildman–Crippen LogP) is 3.18. The van der Waals surface area contributed by atoms with Gasteiger partial charge in [0.1, 0.15) is 11.5 Å². The number of rotatable bonds is 7. The number of carbonyl (C=O) groups excluding carboxylic acids is 1. The van der Waals surface area contributed by atoms with Crippen molar-refractivity contribution in [2.75, 3.05) is 32.8 Å². The number of furan rings is 1. The lowest BCUT2D eigenvalue weighted by Crippen LogP contribution is -2.43. The van der Waals surface area contributed by atoms with Gasteiger partial charge in [-0.1, -0.05) is 30.3 Å². The first-order valence-corrected chi connectivity index (χ1v) is 11.2. The van der Waals surface area contributed by atoms with E-state index in [4.69, 9.17) is 9.15 Å². The molecule has 1 fully saturated rings. The molecule has 0 bridgehead atoms. The van der Waals surface area contributed by atoms with Crippen LogP contribution in [0.25, 0.3) is 11.0 Å². The molecule has 3 aromatic heterocycles.